The summed E-state index contributed by atoms with van der Waals surface area (Å²) in [5, 5.41) is 3.14. The van der Waals surface area contributed by atoms with E-state index in [0.717, 1.165) is 17.0 Å². The van der Waals surface area contributed by atoms with Crippen LogP contribution in [0.5, 0.6) is 5.75 Å². The van der Waals surface area contributed by atoms with Gasteiger partial charge in [0.2, 0.25) is 0 Å². The molecule has 1 heterocycles. The third-order valence-electron chi connectivity index (χ3n) is 5.61. The van der Waals surface area contributed by atoms with Crippen LogP contribution in [0.15, 0.2) is 91.0 Å². The topological polar surface area (TPSA) is 29.5 Å². The molecular formula is C26H20ClNO2Se. The molecule has 0 spiro atoms. The van der Waals surface area contributed by atoms with Gasteiger partial charge in [0.1, 0.15) is 0 Å². The number of anilines is 1. The van der Waals surface area contributed by atoms with Crippen molar-refractivity contribution < 1.29 is 9.53 Å². The van der Waals surface area contributed by atoms with Crippen molar-refractivity contribution in [2.24, 2.45) is 0 Å². The van der Waals surface area contributed by atoms with Gasteiger partial charge in [-0.25, -0.2) is 0 Å². The average molecular weight is 493 g/mol. The number of carbonyl (C=O) groups excluding carboxylic acids is 1. The summed E-state index contributed by atoms with van der Waals surface area (Å²) in [7, 11) is 1.64. The van der Waals surface area contributed by atoms with E-state index in [4.69, 9.17) is 16.3 Å². The summed E-state index contributed by atoms with van der Waals surface area (Å²) in [6.45, 7) is 0. The van der Waals surface area contributed by atoms with Crippen molar-refractivity contribution >= 4 is 53.4 Å². The van der Waals surface area contributed by atoms with Crippen molar-refractivity contribution in [1.82, 2.24) is 0 Å². The molecule has 3 nitrogen and oxygen atoms in total. The Morgan fingerprint density at radius 2 is 1.58 bits per heavy atom. The van der Waals surface area contributed by atoms with Crippen molar-refractivity contribution in [2.75, 3.05) is 12.0 Å². The van der Waals surface area contributed by atoms with Gasteiger partial charge in [-0.2, -0.15) is 0 Å². The molecule has 4 aromatic rings. The molecule has 5 heteroatoms. The van der Waals surface area contributed by atoms with E-state index in [0.29, 0.717) is 5.02 Å². The SMILES string of the molecule is COc1ccc(N2C(=O)[C@H]([Se]c3cccc4ccccc34)[C@H]2c2ccc(Cl)cc2)cc1. The molecule has 154 valence electrons. The predicted octanol–water partition coefficient (Wildman–Crippen LogP) is 5.41. The third kappa shape index (κ3) is 3.72. The molecule has 0 aliphatic carbocycles. The summed E-state index contributed by atoms with van der Waals surface area (Å²) in [6, 6.07) is 30.3. The molecule has 31 heavy (non-hydrogen) atoms. The van der Waals surface area contributed by atoms with Crippen molar-refractivity contribution in [3.63, 3.8) is 0 Å². The first-order chi connectivity index (χ1) is 15.2. The number of fused-ring (bicyclic) bond motifs is 1. The molecule has 0 radical (unpaired) electrons. The van der Waals surface area contributed by atoms with Gasteiger partial charge in [0.25, 0.3) is 0 Å². The van der Waals surface area contributed by atoms with Gasteiger partial charge in [-0.3, -0.25) is 0 Å². The first-order valence-corrected chi connectivity index (χ1v) is 12.2. The van der Waals surface area contributed by atoms with Gasteiger partial charge in [0.15, 0.2) is 0 Å². The van der Waals surface area contributed by atoms with Crippen LogP contribution in [0.2, 0.25) is 9.84 Å². The molecular weight excluding hydrogens is 473 g/mol. The monoisotopic (exact) mass is 493 g/mol. The number of benzene rings is 4. The van der Waals surface area contributed by atoms with E-state index in [-0.39, 0.29) is 31.7 Å². The number of halogens is 1. The first kappa shape index (κ1) is 20.1. The zero-order valence-corrected chi connectivity index (χ0v) is 19.3. The fourth-order valence-corrected chi connectivity index (χ4v) is 7.02. The Balaban J connectivity index is 1.52. The fraction of sp³-hybridized carbons (Fsp3) is 0.115. The van der Waals surface area contributed by atoms with Crippen LogP contribution >= 0.6 is 11.6 Å². The Bertz CT molecular complexity index is 1240. The van der Waals surface area contributed by atoms with Crippen LogP contribution in [0.4, 0.5) is 5.69 Å². The summed E-state index contributed by atoms with van der Waals surface area (Å²) in [6.07, 6.45) is 0. The van der Waals surface area contributed by atoms with Crippen LogP contribution in [-0.2, 0) is 4.79 Å². The van der Waals surface area contributed by atoms with E-state index in [1.54, 1.807) is 7.11 Å². The number of hydrogen-bond acceptors (Lipinski definition) is 2. The molecule has 1 fully saturated rings. The molecule has 1 aliphatic rings. The van der Waals surface area contributed by atoms with Crippen molar-refractivity contribution in [1.29, 1.82) is 0 Å². The van der Waals surface area contributed by atoms with Crippen LogP contribution in [-0.4, -0.2) is 28.0 Å². The van der Waals surface area contributed by atoms with E-state index in [1.807, 2.05) is 53.4 Å². The van der Waals surface area contributed by atoms with E-state index in [1.165, 1.54) is 15.2 Å². The number of methoxy groups -OCH3 is 1. The number of amides is 1. The minimum atomic E-state index is -0.0680. The molecule has 0 N–H and O–H groups in total. The van der Waals surface area contributed by atoms with E-state index >= 15 is 0 Å². The third-order valence-corrected chi connectivity index (χ3v) is 8.64. The fourth-order valence-electron chi connectivity index (χ4n) is 4.03. The summed E-state index contributed by atoms with van der Waals surface area (Å²) in [5.74, 6) is 0.939. The van der Waals surface area contributed by atoms with Crippen molar-refractivity contribution in [2.45, 2.75) is 10.9 Å². The summed E-state index contributed by atoms with van der Waals surface area (Å²) in [4.78, 5) is 15.2. The molecule has 0 bridgehead atoms. The second-order valence-electron chi connectivity index (χ2n) is 7.42. The van der Waals surface area contributed by atoms with Crippen LogP contribution in [0.25, 0.3) is 10.8 Å². The number of ether oxygens (including phenoxy) is 1. The van der Waals surface area contributed by atoms with Crippen molar-refractivity contribution in [3.8, 4) is 5.75 Å². The quantitative estimate of drug-likeness (QED) is 0.275. The second-order valence-corrected chi connectivity index (χ2v) is 10.3. The second kappa shape index (κ2) is 8.39. The Kier molecular flexibility index (Phi) is 5.45. The van der Waals surface area contributed by atoms with Crippen molar-refractivity contribution in [3.05, 3.63) is 102 Å². The Morgan fingerprint density at radius 1 is 0.871 bits per heavy atom. The summed E-state index contributed by atoms with van der Waals surface area (Å²) >= 11 is 6.13. The van der Waals surface area contributed by atoms with Crippen LogP contribution < -0.4 is 14.1 Å². The standard InChI is InChI=1S/C26H20ClNO2Se/c1-30-21-15-13-20(14-16-21)28-24(18-9-11-19(27)12-10-18)25(26(28)29)31-23-8-4-6-17-5-2-3-7-22(17)23/h2-16,24-25H,1H3/t24-,25-/m1/s1. The van der Waals surface area contributed by atoms with Crippen LogP contribution in [0, 0.1) is 0 Å². The molecule has 0 saturated carbocycles. The molecule has 2 atom stereocenters. The first-order valence-electron chi connectivity index (χ1n) is 10.0. The maximum absolute atomic E-state index is 13.4. The number of nitrogens with zero attached hydrogens (tertiary/aromatic N) is 1. The van der Waals surface area contributed by atoms with E-state index in [2.05, 4.69) is 42.5 Å². The van der Waals surface area contributed by atoms with Gasteiger partial charge in [-0.15, -0.1) is 0 Å². The molecule has 1 saturated heterocycles. The normalized spacial score (nSPS) is 18.1. The average Bonchev–Trinajstić information content (AvgIpc) is 2.82. The van der Waals surface area contributed by atoms with Gasteiger partial charge in [-0.1, -0.05) is 0 Å². The Labute approximate surface area is 192 Å². The number of hydrogen-bond donors (Lipinski definition) is 0. The maximum atomic E-state index is 13.4. The van der Waals surface area contributed by atoms with Crippen LogP contribution in [0.3, 0.4) is 0 Å². The molecule has 1 amide bonds. The minimum absolute atomic E-state index is 0.00871. The molecule has 1 aliphatic heterocycles. The zero-order valence-electron chi connectivity index (χ0n) is 16.9. The van der Waals surface area contributed by atoms with Gasteiger partial charge in [0, 0.05) is 0 Å². The summed E-state index contributed by atoms with van der Waals surface area (Å²) < 4.78 is 6.54. The molecule has 0 unspecified atom stereocenters. The van der Waals surface area contributed by atoms with Gasteiger partial charge >= 0.3 is 193 Å². The van der Waals surface area contributed by atoms with E-state index < -0.39 is 0 Å². The van der Waals surface area contributed by atoms with Gasteiger partial charge in [-0.05, 0) is 0 Å². The number of β-lactam (4-membered cyclic amide) rings is 1. The summed E-state index contributed by atoms with van der Waals surface area (Å²) in [5.41, 5.74) is 1.99. The van der Waals surface area contributed by atoms with Gasteiger partial charge in [0.05, 0.1) is 0 Å². The number of carbonyl (C=O) groups is 1. The van der Waals surface area contributed by atoms with E-state index in [9.17, 15) is 4.79 Å². The Hall–Kier alpha value is -2.78. The Morgan fingerprint density at radius 3 is 2.32 bits per heavy atom. The predicted molar refractivity (Wildman–Crippen MR) is 128 cm³/mol. The van der Waals surface area contributed by atoms with Gasteiger partial charge < -0.3 is 0 Å². The molecule has 5 rings (SSSR count). The molecule has 4 aromatic carbocycles. The molecule has 0 aromatic heterocycles. The zero-order chi connectivity index (χ0) is 21.4. The van der Waals surface area contributed by atoms with Crippen LogP contribution in [0.1, 0.15) is 11.6 Å². The number of rotatable bonds is 5.